The number of aromatic nitrogens is 4. The van der Waals surface area contributed by atoms with E-state index in [4.69, 9.17) is 9.15 Å². The number of morpholine rings is 1. The molecule has 1 aliphatic heterocycles. The third kappa shape index (κ3) is 4.28. The number of rotatable bonds is 5. The van der Waals surface area contributed by atoms with Crippen LogP contribution in [0.3, 0.4) is 0 Å². The molecule has 0 saturated carbocycles. The van der Waals surface area contributed by atoms with E-state index in [1.807, 2.05) is 25.1 Å². The lowest BCUT2D eigenvalue weighted by Crippen LogP contribution is -2.42. The van der Waals surface area contributed by atoms with Crippen molar-refractivity contribution in [2.24, 2.45) is 0 Å². The fourth-order valence-corrected chi connectivity index (χ4v) is 3.83. The molecule has 0 spiro atoms. The second-order valence-corrected chi connectivity index (χ2v) is 7.75. The van der Waals surface area contributed by atoms with Crippen molar-refractivity contribution < 1.29 is 13.9 Å². The second kappa shape index (κ2) is 8.26. The fourth-order valence-electron chi connectivity index (χ4n) is 3.14. The molecule has 4 rings (SSSR count). The van der Waals surface area contributed by atoms with E-state index in [0.717, 1.165) is 17.1 Å². The zero-order valence-electron chi connectivity index (χ0n) is 16.5. The van der Waals surface area contributed by atoms with Crippen molar-refractivity contribution >= 4 is 28.2 Å². The standard InChI is InChI=1S/C19H22N6O3S/c1-4-16-23-24-19(29-16)22-15-7-5-6-13(21-15)14-10-25(8-9-27-14)18(26)17-11(2)20-12(3)28-17/h5-7,14H,4,8-10H2,1-3H3,(H,21,22,24). The number of aryl methyl sites for hydroxylation is 3. The van der Waals surface area contributed by atoms with Gasteiger partial charge in [0.05, 0.1) is 24.5 Å². The van der Waals surface area contributed by atoms with E-state index in [0.29, 0.717) is 42.2 Å². The average Bonchev–Trinajstić information content (AvgIpc) is 3.33. The molecule has 9 nitrogen and oxygen atoms in total. The van der Waals surface area contributed by atoms with Crippen LogP contribution in [-0.4, -0.2) is 50.7 Å². The molecule has 3 aromatic rings. The molecule has 0 aliphatic carbocycles. The average molecular weight is 414 g/mol. The third-order valence-corrected chi connectivity index (χ3v) is 5.54. The van der Waals surface area contributed by atoms with Crippen LogP contribution in [0.2, 0.25) is 0 Å². The van der Waals surface area contributed by atoms with E-state index < -0.39 is 0 Å². The molecule has 29 heavy (non-hydrogen) atoms. The summed E-state index contributed by atoms with van der Waals surface area (Å²) < 4.78 is 11.4. The quantitative estimate of drug-likeness (QED) is 0.679. The highest BCUT2D eigenvalue weighted by atomic mass is 32.1. The number of ether oxygens (including phenoxy) is 1. The minimum atomic E-state index is -0.320. The van der Waals surface area contributed by atoms with Crippen molar-refractivity contribution in [2.45, 2.75) is 33.3 Å². The van der Waals surface area contributed by atoms with Crippen molar-refractivity contribution in [3.05, 3.63) is 46.2 Å². The van der Waals surface area contributed by atoms with Gasteiger partial charge in [-0.2, -0.15) is 0 Å². The van der Waals surface area contributed by atoms with Gasteiger partial charge in [-0.05, 0) is 25.5 Å². The highest BCUT2D eigenvalue weighted by molar-refractivity contribution is 7.15. The zero-order chi connectivity index (χ0) is 20.4. The molecule has 1 aliphatic rings. The van der Waals surface area contributed by atoms with Gasteiger partial charge in [-0.15, -0.1) is 10.2 Å². The maximum atomic E-state index is 12.8. The number of carbonyl (C=O) groups is 1. The summed E-state index contributed by atoms with van der Waals surface area (Å²) in [6, 6.07) is 5.66. The Morgan fingerprint density at radius 1 is 1.31 bits per heavy atom. The van der Waals surface area contributed by atoms with E-state index in [9.17, 15) is 4.79 Å². The Labute approximate surface area is 172 Å². The smallest absolute Gasteiger partial charge is 0.291 e. The Morgan fingerprint density at radius 2 is 2.17 bits per heavy atom. The SMILES string of the molecule is CCc1nnc(Nc2cccc(C3CN(C(=O)c4oc(C)nc4C)CCO3)n2)s1. The van der Waals surface area contributed by atoms with Crippen LogP contribution >= 0.6 is 11.3 Å². The van der Waals surface area contributed by atoms with Gasteiger partial charge < -0.3 is 19.4 Å². The summed E-state index contributed by atoms with van der Waals surface area (Å²) in [7, 11) is 0. The molecular formula is C19H22N6O3S. The first kappa shape index (κ1) is 19.5. The van der Waals surface area contributed by atoms with E-state index in [2.05, 4.69) is 25.5 Å². The molecule has 0 bridgehead atoms. The molecule has 1 saturated heterocycles. The topological polar surface area (TPSA) is 106 Å². The first-order chi connectivity index (χ1) is 14.0. The summed E-state index contributed by atoms with van der Waals surface area (Å²) in [5.74, 6) is 1.26. The maximum absolute atomic E-state index is 12.8. The third-order valence-electron chi connectivity index (χ3n) is 4.56. The van der Waals surface area contributed by atoms with Crippen molar-refractivity contribution in [2.75, 3.05) is 25.0 Å². The monoisotopic (exact) mass is 414 g/mol. The summed E-state index contributed by atoms with van der Waals surface area (Å²) in [5.41, 5.74) is 1.35. The summed E-state index contributed by atoms with van der Waals surface area (Å²) in [4.78, 5) is 23.4. The van der Waals surface area contributed by atoms with Gasteiger partial charge in [0.15, 0.2) is 5.89 Å². The van der Waals surface area contributed by atoms with Crippen LogP contribution in [0.5, 0.6) is 0 Å². The Hall–Kier alpha value is -2.85. The molecule has 1 atom stereocenters. The van der Waals surface area contributed by atoms with Crippen LogP contribution in [0, 0.1) is 13.8 Å². The molecule has 0 aromatic carbocycles. The highest BCUT2D eigenvalue weighted by Gasteiger charge is 2.30. The largest absolute Gasteiger partial charge is 0.436 e. The van der Waals surface area contributed by atoms with E-state index in [1.165, 1.54) is 11.3 Å². The van der Waals surface area contributed by atoms with Crippen molar-refractivity contribution in [3.63, 3.8) is 0 Å². The first-order valence-electron chi connectivity index (χ1n) is 9.44. The number of oxazole rings is 1. The van der Waals surface area contributed by atoms with Crippen molar-refractivity contribution in [1.29, 1.82) is 0 Å². The van der Waals surface area contributed by atoms with Crippen LogP contribution in [-0.2, 0) is 11.2 Å². The van der Waals surface area contributed by atoms with Crippen molar-refractivity contribution in [3.8, 4) is 0 Å². The number of carbonyl (C=O) groups excluding carboxylic acids is 1. The van der Waals surface area contributed by atoms with Crippen LogP contribution in [0.4, 0.5) is 10.9 Å². The number of anilines is 2. The minimum Gasteiger partial charge on any atom is -0.436 e. The normalized spacial score (nSPS) is 16.8. The van der Waals surface area contributed by atoms with Gasteiger partial charge in [0.1, 0.15) is 16.9 Å². The summed E-state index contributed by atoms with van der Waals surface area (Å²) in [5, 5.41) is 13.1. The Kier molecular flexibility index (Phi) is 5.54. The number of nitrogens with one attached hydrogen (secondary N) is 1. The lowest BCUT2D eigenvalue weighted by Gasteiger charge is -2.32. The summed E-state index contributed by atoms with van der Waals surface area (Å²) in [6.07, 6.45) is 0.524. The molecular weight excluding hydrogens is 392 g/mol. The van der Waals surface area contributed by atoms with Crippen LogP contribution in [0.25, 0.3) is 0 Å². The predicted molar refractivity (Wildman–Crippen MR) is 107 cm³/mol. The number of hydrogen-bond donors (Lipinski definition) is 1. The number of nitrogens with zero attached hydrogens (tertiary/aromatic N) is 5. The Balaban J connectivity index is 1.48. The number of hydrogen-bond acceptors (Lipinski definition) is 9. The lowest BCUT2D eigenvalue weighted by molar-refractivity contribution is -0.0256. The highest BCUT2D eigenvalue weighted by Crippen LogP contribution is 2.25. The lowest BCUT2D eigenvalue weighted by atomic mass is 10.1. The van der Waals surface area contributed by atoms with Crippen molar-refractivity contribution in [1.82, 2.24) is 25.1 Å². The molecule has 1 N–H and O–H groups in total. The van der Waals surface area contributed by atoms with E-state index >= 15 is 0 Å². The van der Waals surface area contributed by atoms with Crippen LogP contribution in [0.1, 0.15) is 45.9 Å². The molecule has 1 fully saturated rings. The summed E-state index contributed by atoms with van der Waals surface area (Å²) >= 11 is 1.50. The second-order valence-electron chi connectivity index (χ2n) is 6.69. The van der Waals surface area contributed by atoms with Gasteiger partial charge in [-0.3, -0.25) is 4.79 Å². The van der Waals surface area contributed by atoms with Crippen LogP contribution < -0.4 is 5.32 Å². The van der Waals surface area contributed by atoms with Gasteiger partial charge >= 0.3 is 0 Å². The molecule has 0 radical (unpaired) electrons. The molecule has 152 valence electrons. The number of amides is 1. The van der Waals surface area contributed by atoms with Gasteiger partial charge in [-0.25, -0.2) is 9.97 Å². The molecule has 1 amide bonds. The van der Waals surface area contributed by atoms with E-state index in [-0.39, 0.29) is 17.8 Å². The minimum absolute atomic E-state index is 0.174. The van der Waals surface area contributed by atoms with Gasteiger partial charge in [0, 0.05) is 13.5 Å². The number of pyridine rings is 1. The fraction of sp³-hybridized carbons (Fsp3) is 0.421. The zero-order valence-corrected chi connectivity index (χ0v) is 17.3. The molecule has 4 heterocycles. The predicted octanol–water partition coefficient (Wildman–Crippen LogP) is 3.06. The Bertz CT molecular complexity index is 1020. The van der Waals surface area contributed by atoms with Gasteiger partial charge in [0.25, 0.3) is 5.91 Å². The van der Waals surface area contributed by atoms with Crippen LogP contribution in [0.15, 0.2) is 22.6 Å². The van der Waals surface area contributed by atoms with E-state index in [1.54, 1.807) is 18.7 Å². The molecule has 1 unspecified atom stereocenters. The Morgan fingerprint density at radius 3 is 2.90 bits per heavy atom. The van der Waals surface area contributed by atoms with Gasteiger partial charge in [0.2, 0.25) is 10.9 Å². The molecule has 3 aromatic heterocycles. The van der Waals surface area contributed by atoms with Gasteiger partial charge in [-0.1, -0.05) is 24.3 Å². The summed E-state index contributed by atoms with van der Waals surface area (Å²) in [6.45, 7) is 6.87. The first-order valence-corrected chi connectivity index (χ1v) is 10.3. The molecule has 10 heteroatoms. The maximum Gasteiger partial charge on any atom is 0.291 e.